The minimum absolute atomic E-state index is 0.113. The molecule has 0 bridgehead atoms. The summed E-state index contributed by atoms with van der Waals surface area (Å²) in [6.45, 7) is 19.7. The number of hydrogen-bond acceptors (Lipinski definition) is 3. The van der Waals surface area contributed by atoms with Crippen LogP contribution in [0, 0.1) is 5.92 Å². The van der Waals surface area contributed by atoms with Gasteiger partial charge in [0.05, 0.1) is 28.7 Å². The van der Waals surface area contributed by atoms with Crippen molar-refractivity contribution in [2.75, 3.05) is 13.2 Å². The van der Waals surface area contributed by atoms with E-state index in [9.17, 15) is 9.59 Å². The lowest BCUT2D eigenvalue weighted by Gasteiger charge is -2.67. The van der Waals surface area contributed by atoms with Crippen LogP contribution in [-0.2, 0) is 16.0 Å². The summed E-state index contributed by atoms with van der Waals surface area (Å²) >= 11 is 0. The third-order valence-electron chi connectivity index (χ3n) is 8.57. The van der Waals surface area contributed by atoms with Crippen molar-refractivity contribution in [3.63, 3.8) is 0 Å². The van der Waals surface area contributed by atoms with Gasteiger partial charge in [-0.05, 0) is 29.9 Å². The summed E-state index contributed by atoms with van der Waals surface area (Å²) in [5, 5.41) is 0. The Hall–Kier alpha value is -2.39. The molecule has 2 atom stereocenters. The van der Waals surface area contributed by atoms with E-state index in [0.717, 1.165) is 12.0 Å². The number of β-lactam (4-membered cyclic amide) rings is 1. The van der Waals surface area contributed by atoms with Crippen LogP contribution in [0.3, 0.4) is 0 Å². The van der Waals surface area contributed by atoms with E-state index in [1.54, 1.807) is 0 Å². The highest BCUT2D eigenvalue weighted by molar-refractivity contribution is 6.99. The molecule has 37 heavy (non-hydrogen) atoms. The Balaban J connectivity index is 1.81. The molecule has 0 unspecified atom stereocenters. The van der Waals surface area contributed by atoms with Gasteiger partial charge in [-0.3, -0.25) is 9.69 Å². The maximum atomic E-state index is 14.8. The molecular weight excluding hydrogens is 493 g/mol. The first-order valence-electron chi connectivity index (χ1n) is 13.6. The molecule has 0 saturated carbocycles. The molecular formula is C30H44N2O3Si2. The first-order chi connectivity index (χ1) is 17.2. The van der Waals surface area contributed by atoms with E-state index in [0.29, 0.717) is 13.0 Å². The molecule has 4 rings (SSSR count). The van der Waals surface area contributed by atoms with Crippen molar-refractivity contribution >= 4 is 28.1 Å². The molecule has 200 valence electrons. The quantitative estimate of drug-likeness (QED) is 0.270. The molecule has 2 aromatic rings. The molecule has 0 radical (unpaired) electrons. The zero-order chi connectivity index (χ0) is 27.2. The van der Waals surface area contributed by atoms with Crippen molar-refractivity contribution in [2.45, 2.75) is 82.3 Å². The van der Waals surface area contributed by atoms with Crippen molar-refractivity contribution in [3.05, 3.63) is 71.8 Å². The first-order valence-corrected chi connectivity index (χ1v) is 20.6. The second kappa shape index (κ2) is 9.73. The smallest absolute Gasteiger partial charge is 0.411 e. The second-order valence-corrected chi connectivity index (χ2v) is 24.6. The van der Waals surface area contributed by atoms with E-state index >= 15 is 0 Å². The van der Waals surface area contributed by atoms with E-state index in [4.69, 9.17) is 4.74 Å². The van der Waals surface area contributed by atoms with Crippen molar-refractivity contribution < 1.29 is 14.3 Å². The van der Waals surface area contributed by atoms with Gasteiger partial charge in [0.2, 0.25) is 0 Å². The molecule has 2 aromatic carbocycles. The Morgan fingerprint density at radius 2 is 1.46 bits per heavy atom. The summed E-state index contributed by atoms with van der Waals surface area (Å²) in [6, 6.07) is 20.4. The Morgan fingerprint density at radius 3 is 1.95 bits per heavy atom. The van der Waals surface area contributed by atoms with Crippen LogP contribution in [0.2, 0.25) is 39.3 Å². The highest BCUT2D eigenvalue weighted by Crippen LogP contribution is 2.50. The van der Waals surface area contributed by atoms with Crippen LogP contribution in [0.1, 0.15) is 37.4 Å². The van der Waals surface area contributed by atoms with E-state index in [1.165, 1.54) is 5.56 Å². The number of hydrogen-bond donors (Lipinski definition) is 0. The number of carbonyl (C=O) groups excluding carboxylic acids is 2. The predicted molar refractivity (Wildman–Crippen MR) is 156 cm³/mol. The van der Waals surface area contributed by atoms with Gasteiger partial charge in [0.25, 0.3) is 5.91 Å². The maximum Gasteiger partial charge on any atom is 0.411 e. The molecule has 2 heterocycles. The van der Waals surface area contributed by atoms with Crippen LogP contribution in [0.5, 0.6) is 0 Å². The molecule has 2 saturated heterocycles. The standard InChI is InChI=1S/C30H44N2O3Si2/c1-23(2)19-29(32-26(21-35-28(32)34)25-17-13-10-14-18-25)22-31(27(29)33)30(36(3,4)5,37(6,7)8)20-24-15-11-9-12-16-24/h9-18,23,26H,19-22H2,1-8H3/t26-,29-/m1/s1. The third-order valence-corrected chi connectivity index (χ3v) is 18.9. The van der Waals surface area contributed by atoms with Crippen molar-refractivity contribution in [1.29, 1.82) is 0 Å². The summed E-state index contributed by atoms with van der Waals surface area (Å²) in [4.78, 5) is 31.9. The summed E-state index contributed by atoms with van der Waals surface area (Å²) in [5.74, 6) is 0.375. The topological polar surface area (TPSA) is 49.9 Å². The summed E-state index contributed by atoms with van der Waals surface area (Å²) in [6.07, 6.45) is 1.15. The maximum absolute atomic E-state index is 14.8. The predicted octanol–water partition coefficient (Wildman–Crippen LogP) is 6.54. The molecule has 5 nitrogen and oxygen atoms in total. The highest BCUT2D eigenvalue weighted by atomic mass is 28.4. The molecule has 0 N–H and O–H groups in total. The average molecular weight is 537 g/mol. The fourth-order valence-corrected chi connectivity index (χ4v) is 19.7. The van der Waals surface area contributed by atoms with Gasteiger partial charge in [-0.2, -0.15) is 0 Å². The largest absolute Gasteiger partial charge is 0.447 e. The number of ether oxygens (including phenoxy) is 1. The Morgan fingerprint density at radius 1 is 0.919 bits per heavy atom. The number of amides is 2. The van der Waals surface area contributed by atoms with Gasteiger partial charge in [0, 0.05) is 4.79 Å². The Labute approximate surface area is 225 Å². The number of nitrogens with zero attached hydrogens (tertiary/aromatic N) is 2. The van der Waals surface area contributed by atoms with E-state index < -0.39 is 21.7 Å². The van der Waals surface area contributed by atoms with Gasteiger partial charge < -0.3 is 9.64 Å². The van der Waals surface area contributed by atoms with Gasteiger partial charge >= 0.3 is 6.09 Å². The lowest BCUT2D eigenvalue weighted by molar-refractivity contribution is -0.169. The van der Waals surface area contributed by atoms with Gasteiger partial charge in [0.15, 0.2) is 0 Å². The van der Waals surface area contributed by atoms with E-state index in [2.05, 4.69) is 88.4 Å². The van der Waals surface area contributed by atoms with Crippen molar-refractivity contribution in [3.8, 4) is 0 Å². The lowest BCUT2D eigenvalue weighted by atomic mass is 9.77. The van der Waals surface area contributed by atoms with Crippen LogP contribution in [0.4, 0.5) is 4.79 Å². The zero-order valence-corrected chi connectivity index (χ0v) is 25.9. The highest BCUT2D eigenvalue weighted by Gasteiger charge is 2.69. The van der Waals surface area contributed by atoms with Crippen LogP contribution >= 0.6 is 0 Å². The lowest BCUT2D eigenvalue weighted by Crippen LogP contribution is -2.87. The molecule has 0 aromatic heterocycles. The van der Waals surface area contributed by atoms with Crippen molar-refractivity contribution in [1.82, 2.24) is 9.80 Å². The fraction of sp³-hybridized carbons (Fsp3) is 0.533. The normalized spacial score (nSPS) is 22.9. The molecule has 2 amide bonds. The number of likely N-dealkylation sites (tertiary alicyclic amines) is 1. The third kappa shape index (κ3) is 4.58. The van der Waals surface area contributed by atoms with E-state index in [1.807, 2.05) is 35.2 Å². The van der Waals surface area contributed by atoms with Crippen molar-refractivity contribution in [2.24, 2.45) is 5.92 Å². The molecule has 0 spiro atoms. The number of cyclic esters (lactones) is 1. The van der Waals surface area contributed by atoms with Gasteiger partial charge in [-0.15, -0.1) is 0 Å². The number of benzene rings is 2. The SMILES string of the molecule is CC(C)C[C@@]1(N2C(=O)OC[C@@H]2c2ccccc2)CN(C(Cc2ccccc2)([Si](C)(C)C)[Si](C)(C)C)C1=O. The summed E-state index contributed by atoms with van der Waals surface area (Å²) in [5.41, 5.74) is 1.43. The van der Waals surface area contributed by atoms with Gasteiger partial charge in [0.1, 0.15) is 12.1 Å². The van der Waals surface area contributed by atoms with Crippen LogP contribution in [0.25, 0.3) is 0 Å². The van der Waals surface area contributed by atoms with E-state index in [-0.39, 0.29) is 35.4 Å². The van der Waals surface area contributed by atoms with Gasteiger partial charge in [-0.1, -0.05) is 114 Å². The molecule has 2 aliphatic rings. The molecule has 2 fully saturated rings. The first kappa shape index (κ1) is 27.6. The minimum Gasteiger partial charge on any atom is -0.447 e. The molecule has 0 aliphatic carbocycles. The molecule has 7 heteroatoms. The average Bonchev–Trinajstić information content (AvgIpc) is 3.21. The monoisotopic (exact) mass is 536 g/mol. The minimum atomic E-state index is -1.94. The number of rotatable bonds is 9. The summed E-state index contributed by atoms with van der Waals surface area (Å²) in [7, 11) is -3.88. The Bertz CT molecular complexity index is 1110. The Kier molecular flexibility index (Phi) is 7.27. The van der Waals surface area contributed by atoms with Crippen LogP contribution < -0.4 is 0 Å². The summed E-state index contributed by atoms with van der Waals surface area (Å²) < 4.78 is 5.63. The fourth-order valence-electron chi connectivity index (χ4n) is 7.24. The number of carbonyl (C=O) groups is 2. The zero-order valence-electron chi connectivity index (χ0n) is 23.9. The molecule has 2 aliphatic heterocycles. The van der Waals surface area contributed by atoms with Crippen LogP contribution in [0.15, 0.2) is 60.7 Å². The second-order valence-electron chi connectivity index (χ2n) is 13.4. The van der Waals surface area contributed by atoms with Crippen LogP contribution in [-0.4, -0.2) is 61.4 Å². The van der Waals surface area contributed by atoms with Gasteiger partial charge in [-0.25, -0.2) is 4.79 Å².